The highest BCUT2D eigenvalue weighted by molar-refractivity contribution is 6.00. The van der Waals surface area contributed by atoms with E-state index in [1.54, 1.807) is 9.58 Å². The third-order valence-corrected chi connectivity index (χ3v) is 4.31. The standard InChI is InChI=1S/C19H25N5O3/c1-13(2)27-17-6-4-16(5-7-17)24-12-15(10-18(24)25)19(26)20-8-9-23-11-14(3)21-22-23/h4-7,11,13,15H,8-10,12H2,1-3H3,(H,20,26)/t15-/m0/s1. The first-order valence-corrected chi connectivity index (χ1v) is 9.14. The van der Waals surface area contributed by atoms with E-state index in [-0.39, 0.29) is 30.3 Å². The molecule has 8 nitrogen and oxygen atoms in total. The number of hydrogen-bond acceptors (Lipinski definition) is 5. The lowest BCUT2D eigenvalue weighted by molar-refractivity contribution is -0.126. The first-order valence-electron chi connectivity index (χ1n) is 9.14. The molecule has 1 N–H and O–H groups in total. The largest absolute Gasteiger partial charge is 0.491 e. The van der Waals surface area contributed by atoms with Crippen LogP contribution in [0.1, 0.15) is 26.0 Å². The van der Waals surface area contributed by atoms with Crippen molar-refractivity contribution in [1.82, 2.24) is 20.3 Å². The molecule has 1 aliphatic rings. The van der Waals surface area contributed by atoms with Crippen molar-refractivity contribution in [2.24, 2.45) is 5.92 Å². The number of nitrogens with one attached hydrogen (secondary N) is 1. The zero-order valence-corrected chi connectivity index (χ0v) is 15.9. The van der Waals surface area contributed by atoms with Gasteiger partial charge in [0.05, 0.1) is 24.3 Å². The molecule has 2 amide bonds. The van der Waals surface area contributed by atoms with E-state index in [1.807, 2.05) is 51.2 Å². The molecule has 1 saturated heterocycles. The lowest BCUT2D eigenvalue weighted by Crippen LogP contribution is -2.34. The fourth-order valence-electron chi connectivity index (χ4n) is 3.05. The van der Waals surface area contributed by atoms with Crippen molar-refractivity contribution < 1.29 is 14.3 Å². The van der Waals surface area contributed by atoms with Gasteiger partial charge >= 0.3 is 0 Å². The number of rotatable bonds is 7. The van der Waals surface area contributed by atoms with Crippen LogP contribution >= 0.6 is 0 Å². The summed E-state index contributed by atoms with van der Waals surface area (Å²) in [7, 11) is 0. The average molecular weight is 371 g/mol. The minimum Gasteiger partial charge on any atom is -0.491 e. The smallest absolute Gasteiger partial charge is 0.227 e. The molecule has 2 heterocycles. The van der Waals surface area contributed by atoms with E-state index in [2.05, 4.69) is 15.6 Å². The second-order valence-electron chi connectivity index (χ2n) is 6.98. The zero-order chi connectivity index (χ0) is 19.4. The summed E-state index contributed by atoms with van der Waals surface area (Å²) in [4.78, 5) is 26.4. The Labute approximate surface area is 158 Å². The molecule has 0 bridgehead atoms. The van der Waals surface area contributed by atoms with Gasteiger partial charge in [-0.1, -0.05) is 5.21 Å². The van der Waals surface area contributed by atoms with Crippen LogP contribution in [0, 0.1) is 12.8 Å². The highest BCUT2D eigenvalue weighted by Crippen LogP contribution is 2.27. The summed E-state index contributed by atoms with van der Waals surface area (Å²) in [6.07, 6.45) is 2.14. The minimum atomic E-state index is -0.346. The highest BCUT2D eigenvalue weighted by atomic mass is 16.5. The summed E-state index contributed by atoms with van der Waals surface area (Å²) >= 11 is 0. The number of aromatic nitrogens is 3. The quantitative estimate of drug-likeness (QED) is 0.797. The maximum absolute atomic E-state index is 12.4. The fraction of sp³-hybridized carbons (Fsp3) is 0.474. The van der Waals surface area contributed by atoms with E-state index < -0.39 is 0 Å². The molecule has 0 unspecified atom stereocenters. The predicted molar refractivity (Wildman–Crippen MR) is 100 cm³/mol. The molecule has 0 radical (unpaired) electrons. The molecule has 144 valence electrons. The Morgan fingerprint density at radius 3 is 2.70 bits per heavy atom. The summed E-state index contributed by atoms with van der Waals surface area (Å²) in [6, 6.07) is 7.39. The minimum absolute atomic E-state index is 0.0421. The number of amides is 2. The van der Waals surface area contributed by atoms with Crippen LogP contribution in [0.4, 0.5) is 5.69 Å². The monoisotopic (exact) mass is 371 g/mol. The first kappa shape index (κ1) is 18.9. The predicted octanol–water partition coefficient (Wildman–Crippen LogP) is 1.54. The van der Waals surface area contributed by atoms with Crippen LogP contribution in [-0.4, -0.2) is 46.0 Å². The van der Waals surface area contributed by atoms with Crippen molar-refractivity contribution in [3.8, 4) is 5.75 Å². The molecule has 1 fully saturated rings. The van der Waals surface area contributed by atoms with E-state index in [9.17, 15) is 9.59 Å². The van der Waals surface area contributed by atoms with E-state index in [1.165, 1.54) is 0 Å². The molecule has 8 heteroatoms. The second kappa shape index (κ2) is 8.20. The topological polar surface area (TPSA) is 89.4 Å². The molecule has 1 aromatic heterocycles. The Kier molecular flexibility index (Phi) is 5.73. The number of carbonyl (C=O) groups is 2. The van der Waals surface area contributed by atoms with Gasteiger partial charge in [-0.05, 0) is 45.0 Å². The lowest BCUT2D eigenvalue weighted by atomic mass is 10.1. The maximum atomic E-state index is 12.4. The number of aryl methyl sites for hydroxylation is 1. The number of benzene rings is 1. The van der Waals surface area contributed by atoms with Crippen LogP contribution in [0.5, 0.6) is 5.75 Å². The van der Waals surface area contributed by atoms with Crippen molar-refractivity contribution in [3.05, 3.63) is 36.2 Å². The molecule has 0 saturated carbocycles. The van der Waals surface area contributed by atoms with Gasteiger partial charge in [0.25, 0.3) is 0 Å². The van der Waals surface area contributed by atoms with Crippen molar-refractivity contribution in [2.75, 3.05) is 18.0 Å². The number of hydrogen-bond donors (Lipinski definition) is 1. The van der Waals surface area contributed by atoms with Gasteiger partial charge in [0.2, 0.25) is 11.8 Å². The summed E-state index contributed by atoms with van der Waals surface area (Å²) in [5, 5.41) is 10.7. The van der Waals surface area contributed by atoms with Gasteiger partial charge in [0.15, 0.2) is 0 Å². The Balaban J connectivity index is 1.52. The van der Waals surface area contributed by atoms with Gasteiger partial charge < -0.3 is 15.0 Å². The molecule has 27 heavy (non-hydrogen) atoms. The molecular formula is C19H25N5O3. The normalized spacial score (nSPS) is 16.8. The van der Waals surface area contributed by atoms with Crippen LogP contribution in [0.15, 0.2) is 30.5 Å². The highest BCUT2D eigenvalue weighted by Gasteiger charge is 2.34. The van der Waals surface area contributed by atoms with Crippen molar-refractivity contribution >= 4 is 17.5 Å². The van der Waals surface area contributed by atoms with Crippen molar-refractivity contribution in [2.45, 2.75) is 39.8 Å². The Morgan fingerprint density at radius 1 is 1.33 bits per heavy atom. The fourth-order valence-corrected chi connectivity index (χ4v) is 3.05. The van der Waals surface area contributed by atoms with Gasteiger partial charge in [0.1, 0.15) is 5.75 Å². The molecule has 0 aliphatic carbocycles. The summed E-state index contributed by atoms with van der Waals surface area (Å²) in [5.74, 6) is 0.265. The summed E-state index contributed by atoms with van der Waals surface area (Å²) in [6.45, 7) is 7.18. The van der Waals surface area contributed by atoms with Crippen LogP contribution in [0.2, 0.25) is 0 Å². The molecule has 1 aromatic carbocycles. The van der Waals surface area contributed by atoms with E-state index in [0.29, 0.717) is 19.6 Å². The van der Waals surface area contributed by atoms with Crippen LogP contribution < -0.4 is 15.0 Å². The molecule has 1 aliphatic heterocycles. The van der Waals surface area contributed by atoms with Gasteiger partial charge in [-0.15, -0.1) is 5.10 Å². The van der Waals surface area contributed by atoms with Gasteiger partial charge in [-0.25, -0.2) is 0 Å². The number of ether oxygens (including phenoxy) is 1. The van der Waals surface area contributed by atoms with Gasteiger partial charge in [0, 0.05) is 31.4 Å². The number of anilines is 1. The first-order chi connectivity index (χ1) is 12.9. The van der Waals surface area contributed by atoms with Crippen LogP contribution in [0.25, 0.3) is 0 Å². The zero-order valence-electron chi connectivity index (χ0n) is 15.9. The Hall–Kier alpha value is -2.90. The third-order valence-electron chi connectivity index (χ3n) is 4.31. The van der Waals surface area contributed by atoms with Gasteiger partial charge in [-0.3, -0.25) is 14.3 Å². The molecular weight excluding hydrogens is 346 g/mol. The second-order valence-corrected chi connectivity index (χ2v) is 6.98. The van der Waals surface area contributed by atoms with Crippen molar-refractivity contribution in [1.29, 1.82) is 0 Å². The Bertz CT molecular complexity index is 800. The van der Waals surface area contributed by atoms with E-state index in [0.717, 1.165) is 17.1 Å². The van der Waals surface area contributed by atoms with Crippen LogP contribution in [0.3, 0.4) is 0 Å². The summed E-state index contributed by atoms with van der Waals surface area (Å²) in [5.41, 5.74) is 1.62. The third kappa shape index (κ3) is 4.84. The molecule has 2 aromatic rings. The molecule has 1 atom stereocenters. The molecule has 3 rings (SSSR count). The van der Waals surface area contributed by atoms with Crippen molar-refractivity contribution in [3.63, 3.8) is 0 Å². The summed E-state index contributed by atoms with van der Waals surface area (Å²) < 4.78 is 7.30. The van der Waals surface area contributed by atoms with E-state index in [4.69, 9.17) is 4.74 Å². The molecule has 0 spiro atoms. The average Bonchev–Trinajstić information content (AvgIpc) is 3.21. The van der Waals surface area contributed by atoms with Gasteiger partial charge in [-0.2, -0.15) is 0 Å². The Morgan fingerprint density at radius 2 is 2.07 bits per heavy atom. The SMILES string of the molecule is Cc1cn(CCNC(=O)[C@H]2CC(=O)N(c3ccc(OC(C)C)cc3)C2)nn1. The maximum Gasteiger partial charge on any atom is 0.227 e. The lowest BCUT2D eigenvalue weighted by Gasteiger charge is -2.18. The van der Waals surface area contributed by atoms with Crippen LogP contribution in [-0.2, 0) is 16.1 Å². The van der Waals surface area contributed by atoms with E-state index >= 15 is 0 Å². The number of nitrogens with zero attached hydrogens (tertiary/aromatic N) is 4. The number of carbonyl (C=O) groups excluding carboxylic acids is 2.